The molecule has 4 heteroatoms. The third kappa shape index (κ3) is 2.70. The van der Waals surface area contributed by atoms with Gasteiger partial charge < -0.3 is 10.6 Å². The van der Waals surface area contributed by atoms with E-state index in [1.807, 2.05) is 27.7 Å². The summed E-state index contributed by atoms with van der Waals surface area (Å²) in [7, 11) is 0. The maximum Gasteiger partial charge on any atom is 0.245 e. The largest absolute Gasteiger partial charge is 0.354 e. The van der Waals surface area contributed by atoms with Crippen molar-refractivity contribution in [2.24, 2.45) is 5.41 Å². The van der Waals surface area contributed by atoms with E-state index in [1.165, 1.54) is 0 Å². The number of rotatable bonds is 3. The fourth-order valence-corrected chi connectivity index (χ4v) is 1.27. The molecule has 0 bridgehead atoms. The quantitative estimate of drug-likeness (QED) is 0.727. The number of amides is 2. The number of carbonyl (C=O) groups is 2. The molecule has 0 aromatic carbocycles. The number of hydrogen-bond acceptors (Lipinski definition) is 2. The van der Waals surface area contributed by atoms with E-state index in [1.54, 1.807) is 0 Å². The Hall–Kier alpha value is -1.06. The van der Waals surface area contributed by atoms with Gasteiger partial charge in [0, 0.05) is 12.0 Å². The zero-order valence-corrected chi connectivity index (χ0v) is 9.94. The van der Waals surface area contributed by atoms with Gasteiger partial charge in [0.1, 0.15) is 5.54 Å². The van der Waals surface area contributed by atoms with Gasteiger partial charge in [-0.2, -0.15) is 0 Å². The standard InChI is InChI=1S/C11H20N2O2/c1-5-12-9(15)11(6-7-11)13-8(14)10(2,3)4/h5-7H2,1-4H3,(H,12,15)(H,13,14). The Balaban J connectivity index is 2.58. The van der Waals surface area contributed by atoms with Crippen LogP contribution in [0.25, 0.3) is 0 Å². The molecular formula is C11H20N2O2. The van der Waals surface area contributed by atoms with Crippen LogP contribution in [-0.2, 0) is 9.59 Å². The highest BCUT2D eigenvalue weighted by Crippen LogP contribution is 2.36. The maximum absolute atomic E-state index is 11.7. The highest BCUT2D eigenvalue weighted by molar-refractivity contribution is 5.95. The van der Waals surface area contributed by atoms with Crippen molar-refractivity contribution < 1.29 is 9.59 Å². The summed E-state index contributed by atoms with van der Waals surface area (Å²) in [6.07, 6.45) is 1.50. The average Bonchev–Trinajstić information content (AvgIpc) is 2.84. The van der Waals surface area contributed by atoms with Crippen LogP contribution in [0.4, 0.5) is 0 Å². The van der Waals surface area contributed by atoms with Gasteiger partial charge in [0.25, 0.3) is 0 Å². The lowest BCUT2D eigenvalue weighted by Crippen LogP contribution is -2.51. The van der Waals surface area contributed by atoms with Crippen LogP contribution >= 0.6 is 0 Å². The predicted octanol–water partition coefficient (Wildman–Crippen LogP) is 0.817. The normalized spacial score (nSPS) is 18.1. The first kappa shape index (κ1) is 12.0. The second-order valence-electron chi connectivity index (χ2n) is 5.15. The van der Waals surface area contributed by atoms with Crippen molar-refractivity contribution in [1.29, 1.82) is 0 Å². The average molecular weight is 212 g/mol. The van der Waals surface area contributed by atoms with Crippen molar-refractivity contribution in [3.05, 3.63) is 0 Å². The van der Waals surface area contributed by atoms with Gasteiger partial charge in [-0.15, -0.1) is 0 Å². The molecule has 1 saturated carbocycles. The second kappa shape index (κ2) is 3.83. The molecule has 0 aromatic rings. The number of carbonyl (C=O) groups excluding carboxylic acids is 2. The third-order valence-corrected chi connectivity index (χ3v) is 2.56. The minimum Gasteiger partial charge on any atom is -0.354 e. The Labute approximate surface area is 90.8 Å². The van der Waals surface area contributed by atoms with Crippen LogP contribution in [0.2, 0.25) is 0 Å². The molecule has 4 nitrogen and oxygen atoms in total. The van der Waals surface area contributed by atoms with Crippen molar-refractivity contribution >= 4 is 11.8 Å². The van der Waals surface area contributed by atoms with Crippen LogP contribution in [0.5, 0.6) is 0 Å². The van der Waals surface area contributed by atoms with Crippen molar-refractivity contribution in [3.8, 4) is 0 Å². The molecule has 1 rings (SSSR count). The Morgan fingerprint density at radius 2 is 1.80 bits per heavy atom. The zero-order chi connectivity index (χ0) is 11.7. The van der Waals surface area contributed by atoms with Crippen molar-refractivity contribution in [2.45, 2.75) is 46.1 Å². The molecule has 0 heterocycles. The maximum atomic E-state index is 11.7. The lowest BCUT2D eigenvalue weighted by atomic mass is 9.95. The lowest BCUT2D eigenvalue weighted by Gasteiger charge is -2.23. The first-order valence-electron chi connectivity index (χ1n) is 5.43. The van der Waals surface area contributed by atoms with Crippen LogP contribution in [-0.4, -0.2) is 23.9 Å². The topological polar surface area (TPSA) is 58.2 Å². The minimum absolute atomic E-state index is 0.0531. The lowest BCUT2D eigenvalue weighted by molar-refractivity contribution is -0.134. The summed E-state index contributed by atoms with van der Waals surface area (Å²) in [5, 5.41) is 5.59. The van der Waals surface area contributed by atoms with Crippen molar-refractivity contribution in [2.75, 3.05) is 6.54 Å². The Bertz CT molecular complexity index is 275. The van der Waals surface area contributed by atoms with Crippen LogP contribution in [0.15, 0.2) is 0 Å². The van der Waals surface area contributed by atoms with Crippen LogP contribution in [0.1, 0.15) is 40.5 Å². The van der Waals surface area contributed by atoms with Gasteiger partial charge >= 0.3 is 0 Å². The SMILES string of the molecule is CCNC(=O)C1(NC(=O)C(C)(C)C)CC1. The first-order valence-corrected chi connectivity index (χ1v) is 5.43. The molecular weight excluding hydrogens is 192 g/mol. The monoisotopic (exact) mass is 212 g/mol. The van der Waals surface area contributed by atoms with E-state index in [-0.39, 0.29) is 11.8 Å². The molecule has 1 aliphatic carbocycles. The molecule has 0 aliphatic heterocycles. The van der Waals surface area contributed by atoms with E-state index in [2.05, 4.69) is 10.6 Å². The summed E-state index contributed by atoms with van der Waals surface area (Å²) in [5.74, 6) is -0.117. The fraction of sp³-hybridized carbons (Fsp3) is 0.818. The third-order valence-electron chi connectivity index (χ3n) is 2.56. The molecule has 0 aromatic heterocycles. The van der Waals surface area contributed by atoms with E-state index in [0.29, 0.717) is 6.54 Å². The number of nitrogens with one attached hydrogen (secondary N) is 2. The Kier molecular flexibility index (Phi) is 3.07. The van der Waals surface area contributed by atoms with Crippen LogP contribution in [0.3, 0.4) is 0 Å². The smallest absolute Gasteiger partial charge is 0.245 e. The summed E-state index contributed by atoms with van der Waals surface area (Å²) >= 11 is 0. The van der Waals surface area contributed by atoms with E-state index >= 15 is 0 Å². The molecule has 0 spiro atoms. The van der Waals surface area contributed by atoms with Crippen molar-refractivity contribution in [3.63, 3.8) is 0 Å². The van der Waals surface area contributed by atoms with Gasteiger partial charge in [0.15, 0.2) is 0 Å². The number of hydrogen-bond donors (Lipinski definition) is 2. The Morgan fingerprint density at radius 3 is 2.13 bits per heavy atom. The molecule has 0 saturated heterocycles. The van der Waals surface area contributed by atoms with Crippen molar-refractivity contribution in [1.82, 2.24) is 10.6 Å². The predicted molar refractivity (Wildman–Crippen MR) is 58.2 cm³/mol. The van der Waals surface area contributed by atoms with E-state index in [9.17, 15) is 9.59 Å². The molecule has 1 aliphatic rings. The van der Waals surface area contributed by atoms with E-state index < -0.39 is 11.0 Å². The molecule has 0 atom stereocenters. The molecule has 1 fully saturated rings. The summed E-state index contributed by atoms with van der Waals surface area (Å²) in [6, 6.07) is 0. The first-order chi connectivity index (χ1) is 6.82. The molecule has 0 unspecified atom stereocenters. The Morgan fingerprint density at radius 1 is 1.27 bits per heavy atom. The summed E-state index contributed by atoms with van der Waals surface area (Å²) in [6.45, 7) is 8.01. The molecule has 2 amide bonds. The molecule has 86 valence electrons. The summed E-state index contributed by atoms with van der Waals surface area (Å²) in [5.41, 5.74) is -1.05. The van der Waals surface area contributed by atoms with Gasteiger partial charge in [-0.05, 0) is 19.8 Å². The van der Waals surface area contributed by atoms with Gasteiger partial charge in [-0.1, -0.05) is 20.8 Å². The molecule has 2 N–H and O–H groups in total. The van der Waals surface area contributed by atoms with E-state index in [4.69, 9.17) is 0 Å². The fourth-order valence-electron chi connectivity index (χ4n) is 1.27. The van der Waals surface area contributed by atoms with Crippen LogP contribution < -0.4 is 10.6 Å². The zero-order valence-electron chi connectivity index (χ0n) is 9.94. The number of likely N-dealkylation sites (N-methyl/N-ethyl adjacent to an activating group) is 1. The van der Waals surface area contributed by atoms with Gasteiger partial charge in [0.05, 0.1) is 0 Å². The van der Waals surface area contributed by atoms with Gasteiger partial charge in [0.2, 0.25) is 11.8 Å². The second-order valence-corrected chi connectivity index (χ2v) is 5.15. The summed E-state index contributed by atoms with van der Waals surface area (Å²) in [4.78, 5) is 23.4. The molecule has 0 radical (unpaired) electrons. The summed E-state index contributed by atoms with van der Waals surface area (Å²) < 4.78 is 0. The highest BCUT2D eigenvalue weighted by Gasteiger charge is 2.51. The van der Waals surface area contributed by atoms with Gasteiger partial charge in [-0.25, -0.2) is 0 Å². The highest BCUT2D eigenvalue weighted by atomic mass is 16.2. The van der Waals surface area contributed by atoms with Gasteiger partial charge in [-0.3, -0.25) is 9.59 Å². The van der Waals surface area contributed by atoms with E-state index in [0.717, 1.165) is 12.8 Å². The molecule has 15 heavy (non-hydrogen) atoms. The minimum atomic E-state index is -0.611. The van der Waals surface area contributed by atoms with Crippen LogP contribution in [0, 0.1) is 5.41 Å².